The number of nitrogens with two attached hydrogens (primary N) is 1. The van der Waals surface area contributed by atoms with Gasteiger partial charge in [-0.15, -0.1) is 11.3 Å². The molecule has 2 aromatic carbocycles. The van der Waals surface area contributed by atoms with E-state index in [1.54, 1.807) is 5.38 Å². The van der Waals surface area contributed by atoms with E-state index in [4.69, 9.17) is 10.5 Å². The Labute approximate surface area is 240 Å². The molecule has 0 bridgehead atoms. The van der Waals surface area contributed by atoms with E-state index < -0.39 is 18.0 Å². The molecule has 1 aliphatic carbocycles. The van der Waals surface area contributed by atoms with Crippen LogP contribution in [0.4, 0.5) is 9.80 Å². The third-order valence-corrected chi connectivity index (χ3v) is 8.66. The number of anilines is 1. The van der Waals surface area contributed by atoms with Gasteiger partial charge in [0.05, 0.1) is 20.0 Å². The second kappa shape index (κ2) is 12.5. The van der Waals surface area contributed by atoms with Crippen LogP contribution in [0.1, 0.15) is 27.4 Å². The lowest BCUT2D eigenvalue weighted by atomic mass is 9.98. The summed E-state index contributed by atoms with van der Waals surface area (Å²) in [6.45, 7) is 0.136. The van der Waals surface area contributed by atoms with Crippen molar-refractivity contribution in [1.82, 2.24) is 0 Å². The van der Waals surface area contributed by atoms with E-state index in [0.29, 0.717) is 15.0 Å². The number of carbonyl (C=O) groups excluding carboxylic acids is 3. The maximum atomic E-state index is 12.3. The van der Waals surface area contributed by atoms with E-state index in [1.807, 2.05) is 36.4 Å². The molecule has 1 aromatic heterocycles. The van der Waals surface area contributed by atoms with Crippen molar-refractivity contribution in [1.29, 1.82) is 0 Å². The number of aliphatic hydroxyl groups is 1. The van der Waals surface area contributed by atoms with E-state index in [9.17, 15) is 19.5 Å². The third-order valence-electron chi connectivity index (χ3n) is 5.93. The lowest BCUT2D eigenvalue weighted by molar-refractivity contribution is -0.135. The molecule has 0 unspecified atom stereocenters. The summed E-state index contributed by atoms with van der Waals surface area (Å²) in [6.07, 6.45) is -0.805. The number of methoxy groups -OCH3 is 2. The molecule has 0 atom stereocenters. The van der Waals surface area contributed by atoms with Crippen molar-refractivity contribution in [2.24, 2.45) is 4.99 Å². The number of nitrogens with zero attached hydrogens (tertiary/aromatic N) is 1. The molecule has 39 heavy (non-hydrogen) atoms. The molecule has 1 amide bonds. The monoisotopic (exact) mass is 630 g/mol. The number of amides is 1. The third kappa shape index (κ3) is 6.02. The van der Waals surface area contributed by atoms with Crippen LogP contribution in [0.3, 0.4) is 0 Å². The zero-order chi connectivity index (χ0) is 28.1. The molecular formula is C27H23BrN2O7S2. The second-order valence-corrected chi connectivity index (χ2v) is 10.9. The topological polar surface area (TPSA) is 138 Å². The Hall–Kier alpha value is -3.61. The first-order valence-corrected chi connectivity index (χ1v) is 14.1. The molecule has 0 saturated heterocycles. The summed E-state index contributed by atoms with van der Waals surface area (Å²) in [5.74, 6) is -1.19. The van der Waals surface area contributed by atoms with Crippen LogP contribution in [0.5, 0.6) is 0 Å². The van der Waals surface area contributed by atoms with Crippen LogP contribution < -0.4 is 5.73 Å². The summed E-state index contributed by atoms with van der Waals surface area (Å²) in [5.41, 5.74) is 10.3. The van der Waals surface area contributed by atoms with Gasteiger partial charge < -0.3 is 25.1 Å². The van der Waals surface area contributed by atoms with E-state index >= 15 is 0 Å². The maximum absolute atomic E-state index is 12.3. The number of ether oxygens (including phenoxy) is 3. The molecule has 2 aliphatic rings. The van der Waals surface area contributed by atoms with Crippen LogP contribution >= 0.6 is 39.0 Å². The van der Waals surface area contributed by atoms with Crippen LogP contribution in [0.2, 0.25) is 0 Å². The number of halogens is 1. The smallest absolute Gasteiger partial charge is 0.434 e. The number of hydrogen-bond acceptors (Lipinski definition) is 10. The highest BCUT2D eigenvalue weighted by molar-refractivity contribution is 9.10. The number of rotatable bonds is 4. The average molecular weight is 632 g/mol. The number of thioether (sulfide) groups is 1. The van der Waals surface area contributed by atoms with Gasteiger partial charge in [0.25, 0.3) is 0 Å². The highest BCUT2D eigenvalue weighted by Crippen LogP contribution is 2.44. The minimum absolute atomic E-state index is 0.0724. The van der Waals surface area contributed by atoms with Crippen molar-refractivity contribution < 1.29 is 33.7 Å². The molecule has 5 rings (SSSR count). The number of thiophene rings is 1. The van der Waals surface area contributed by atoms with Gasteiger partial charge in [0.15, 0.2) is 0 Å². The number of aliphatic imine (C=N–C) groups is 1. The van der Waals surface area contributed by atoms with Gasteiger partial charge in [0, 0.05) is 15.8 Å². The van der Waals surface area contributed by atoms with Crippen molar-refractivity contribution in [2.45, 2.75) is 5.92 Å². The fraction of sp³-hybridized carbons (Fsp3) is 0.185. The minimum atomic E-state index is -0.805. The Morgan fingerprint density at radius 1 is 1.03 bits per heavy atom. The molecule has 3 N–H and O–H groups in total. The first-order chi connectivity index (χ1) is 18.8. The van der Waals surface area contributed by atoms with Crippen LogP contribution in [0.15, 0.2) is 74.7 Å². The lowest BCUT2D eigenvalue weighted by Crippen LogP contribution is -2.14. The predicted octanol–water partition coefficient (Wildman–Crippen LogP) is 5.95. The zero-order valence-electron chi connectivity index (χ0n) is 20.8. The highest BCUT2D eigenvalue weighted by Gasteiger charge is 2.31. The van der Waals surface area contributed by atoms with Crippen LogP contribution in [0.25, 0.3) is 11.1 Å². The van der Waals surface area contributed by atoms with Gasteiger partial charge in [0.1, 0.15) is 33.5 Å². The van der Waals surface area contributed by atoms with Crippen molar-refractivity contribution in [3.63, 3.8) is 0 Å². The first kappa shape index (κ1) is 28.4. The van der Waals surface area contributed by atoms with Gasteiger partial charge in [-0.1, -0.05) is 60.3 Å². The van der Waals surface area contributed by atoms with Gasteiger partial charge in [-0.25, -0.2) is 14.4 Å². The van der Waals surface area contributed by atoms with Crippen LogP contribution in [-0.2, 0) is 19.0 Å². The summed E-state index contributed by atoms with van der Waals surface area (Å²) in [6, 6.07) is 16.1. The molecular weight excluding hydrogens is 608 g/mol. The average Bonchev–Trinajstić information content (AvgIpc) is 3.59. The predicted molar refractivity (Wildman–Crippen MR) is 154 cm³/mol. The van der Waals surface area contributed by atoms with Crippen molar-refractivity contribution >= 4 is 67.1 Å². The first-order valence-electron chi connectivity index (χ1n) is 11.4. The van der Waals surface area contributed by atoms with Gasteiger partial charge in [0.2, 0.25) is 0 Å². The van der Waals surface area contributed by atoms with E-state index in [1.165, 1.54) is 25.6 Å². The summed E-state index contributed by atoms with van der Waals surface area (Å²) in [5, 5.41) is 12.2. The van der Waals surface area contributed by atoms with E-state index in [2.05, 4.69) is 42.5 Å². The van der Waals surface area contributed by atoms with Crippen LogP contribution in [0, 0.1) is 0 Å². The number of esters is 2. The van der Waals surface area contributed by atoms with E-state index in [-0.39, 0.29) is 34.7 Å². The SMILES string of the molecule is COC(=O)C1=C(O)CSC1=NC(=O)OCC1c2ccccc2-c2ccccc21.COC(=O)c1c(Br)csc1N. The zero-order valence-corrected chi connectivity index (χ0v) is 24.0. The van der Waals surface area contributed by atoms with E-state index in [0.717, 1.165) is 34.0 Å². The Morgan fingerprint density at radius 2 is 1.62 bits per heavy atom. The van der Waals surface area contributed by atoms with Gasteiger partial charge in [-0.2, -0.15) is 4.99 Å². The van der Waals surface area contributed by atoms with Crippen molar-refractivity contribution in [3.8, 4) is 11.1 Å². The van der Waals surface area contributed by atoms with Crippen LogP contribution in [-0.4, -0.2) is 54.8 Å². The molecule has 0 fully saturated rings. The quantitative estimate of drug-likeness (QED) is 0.265. The number of benzene rings is 2. The van der Waals surface area contributed by atoms with Crippen molar-refractivity contribution in [2.75, 3.05) is 32.3 Å². The van der Waals surface area contributed by atoms with Crippen molar-refractivity contribution in [3.05, 3.63) is 86.4 Å². The minimum Gasteiger partial charge on any atom is -0.510 e. The number of carbonyl (C=O) groups is 3. The summed E-state index contributed by atoms with van der Waals surface area (Å²) in [7, 11) is 2.53. The normalized spacial score (nSPS) is 14.8. The fourth-order valence-electron chi connectivity index (χ4n) is 4.16. The summed E-state index contributed by atoms with van der Waals surface area (Å²) >= 11 is 5.58. The molecule has 12 heteroatoms. The molecule has 0 spiro atoms. The molecule has 202 valence electrons. The van der Waals surface area contributed by atoms with Gasteiger partial charge in [-0.05, 0) is 38.2 Å². The number of nitrogen functional groups attached to an aromatic ring is 1. The standard InChI is InChI=1S/C21H17NO5S.C6H6BrNO2S/c1-26-20(24)18-17(23)11-28-19(18)22-21(25)27-10-16-14-8-4-2-6-12(14)13-7-3-5-9-15(13)16;1-10-6(9)4-3(7)2-11-5(4)8/h2-9,16,23H,10-11H2,1H3;2H,8H2,1H3. The number of fused-ring (bicyclic) bond motifs is 3. The Morgan fingerprint density at radius 3 is 2.15 bits per heavy atom. The molecule has 1 aliphatic heterocycles. The Bertz CT molecular complexity index is 1430. The van der Waals surface area contributed by atoms with Gasteiger partial charge in [-0.3, -0.25) is 0 Å². The Kier molecular flexibility index (Phi) is 9.10. The van der Waals surface area contributed by atoms with Gasteiger partial charge >= 0.3 is 18.0 Å². The molecule has 0 radical (unpaired) electrons. The summed E-state index contributed by atoms with van der Waals surface area (Å²) < 4.78 is 15.2. The number of hydrogen-bond donors (Lipinski definition) is 2. The second-order valence-electron chi connectivity index (χ2n) is 8.14. The molecule has 0 saturated carbocycles. The molecule has 3 aromatic rings. The largest absolute Gasteiger partial charge is 0.510 e. The number of aliphatic hydroxyl groups excluding tert-OH is 1. The highest BCUT2D eigenvalue weighted by atomic mass is 79.9. The summed E-state index contributed by atoms with van der Waals surface area (Å²) in [4.78, 5) is 38.9. The molecule has 9 nitrogen and oxygen atoms in total. The molecule has 2 heterocycles. The Balaban J connectivity index is 0.000000270. The fourth-order valence-corrected chi connectivity index (χ4v) is 6.51. The lowest BCUT2D eigenvalue weighted by Gasteiger charge is -2.13. The maximum Gasteiger partial charge on any atom is 0.434 e.